The molecule has 0 aromatic heterocycles. The Morgan fingerprint density at radius 1 is 1.43 bits per heavy atom. The molecular formula is C16H22Cl2FN3O. The fraction of sp³-hybridized carbons (Fsp3) is 0.562. The highest BCUT2D eigenvalue weighted by atomic mass is 35.5. The predicted molar refractivity (Wildman–Crippen MR) is 91.6 cm³/mol. The Hall–Kier alpha value is -1.04. The van der Waals surface area contributed by atoms with E-state index in [0.29, 0.717) is 10.6 Å². The molecule has 2 N–H and O–H groups in total. The number of rotatable bonds is 4. The second-order valence-corrected chi connectivity index (χ2v) is 6.67. The first kappa shape index (κ1) is 18.3. The highest BCUT2D eigenvalue weighted by Crippen LogP contribution is 2.28. The first-order chi connectivity index (χ1) is 10.9. The Labute approximate surface area is 146 Å². The van der Waals surface area contributed by atoms with Gasteiger partial charge in [-0.3, -0.25) is 0 Å². The molecule has 2 unspecified atom stereocenters. The van der Waals surface area contributed by atoms with E-state index in [1.165, 1.54) is 12.1 Å². The number of benzene rings is 1. The molecule has 2 atom stereocenters. The van der Waals surface area contributed by atoms with Crippen LogP contribution in [0.25, 0.3) is 0 Å². The number of hydrogen-bond acceptors (Lipinski definition) is 2. The summed E-state index contributed by atoms with van der Waals surface area (Å²) in [5, 5.41) is 6.08. The van der Waals surface area contributed by atoms with E-state index in [1.54, 1.807) is 6.92 Å². The van der Waals surface area contributed by atoms with Crippen molar-refractivity contribution in [1.29, 1.82) is 0 Å². The lowest BCUT2D eigenvalue weighted by molar-refractivity contribution is 0.191. The minimum Gasteiger partial charge on any atom is -0.334 e. The average molecular weight is 362 g/mol. The molecule has 1 aliphatic rings. The van der Waals surface area contributed by atoms with Gasteiger partial charge in [0.05, 0.1) is 11.1 Å². The van der Waals surface area contributed by atoms with Crippen molar-refractivity contribution in [3.05, 3.63) is 33.6 Å². The summed E-state index contributed by atoms with van der Waals surface area (Å²) in [6, 6.07) is 2.06. The van der Waals surface area contributed by atoms with Gasteiger partial charge in [-0.05, 0) is 50.6 Å². The lowest BCUT2D eigenvalue weighted by Gasteiger charge is -2.32. The normalized spacial score (nSPS) is 20.1. The number of amides is 2. The molecule has 0 aliphatic carbocycles. The first-order valence-electron chi connectivity index (χ1n) is 7.84. The number of carbonyl (C=O) groups excluding carboxylic acids is 1. The van der Waals surface area contributed by atoms with Crippen LogP contribution in [0.1, 0.15) is 38.3 Å². The van der Waals surface area contributed by atoms with E-state index in [-0.39, 0.29) is 17.1 Å². The number of likely N-dealkylation sites (N-methyl/N-ethyl adjacent to an activating group) is 1. The lowest BCUT2D eigenvalue weighted by Crippen LogP contribution is -2.50. The van der Waals surface area contributed by atoms with E-state index < -0.39 is 11.9 Å². The van der Waals surface area contributed by atoms with Crippen LogP contribution >= 0.6 is 23.2 Å². The molecule has 1 aromatic rings. The number of nitrogens with one attached hydrogen (secondary N) is 2. The van der Waals surface area contributed by atoms with E-state index >= 15 is 0 Å². The SMILES string of the molecule is CCN1CCCC(NC(=O)NC(C)c2cc(F)c(Cl)cc2Cl)C1. The van der Waals surface area contributed by atoms with Gasteiger partial charge in [0, 0.05) is 17.6 Å². The van der Waals surface area contributed by atoms with E-state index in [2.05, 4.69) is 22.5 Å². The third-order valence-corrected chi connectivity index (χ3v) is 4.76. The summed E-state index contributed by atoms with van der Waals surface area (Å²) < 4.78 is 13.6. The molecule has 128 valence electrons. The molecule has 1 fully saturated rings. The summed E-state index contributed by atoms with van der Waals surface area (Å²) >= 11 is 11.8. The number of piperidine rings is 1. The molecule has 2 amide bonds. The maximum Gasteiger partial charge on any atom is 0.315 e. The third-order valence-electron chi connectivity index (χ3n) is 4.14. The van der Waals surface area contributed by atoms with E-state index in [1.807, 2.05) is 0 Å². The van der Waals surface area contributed by atoms with Gasteiger partial charge in [0.15, 0.2) is 0 Å². The quantitative estimate of drug-likeness (QED) is 0.796. The number of carbonyl (C=O) groups is 1. The Bertz CT molecular complexity index is 571. The molecule has 1 saturated heterocycles. The van der Waals surface area contributed by atoms with Crippen molar-refractivity contribution in [1.82, 2.24) is 15.5 Å². The average Bonchev–Trinajstić information content (AvgIpc) is 2.50. The van der Waals surface area contributed by atoms with Crippen molar-refractivity contribution in [2.24, 2.45) is 0 Å². The van der Waals surface area contributed by atoms with Gasteiger partial charge in [-0.15, -0.1) is 0 Å². The molecule has 2 rings (SSSR count). The van der Waals surface area contributed by atoms with Gasteiger partial charge in [0.1, 0.15) is 5.82 Å². The van der Waals surface area contributed by atoms with Crippen LogP contribution in [0.3, 0.4) is 0 Å². The number of hydrogen-bond donors (Lipinski definition) is 2. The molecule has 0 saturated carbocycles. The second kappa shape index (κ2) is 8.18. The lowest BCUT2D eigenvalue weighted by atomic mass is 10.1. The molecule has 1 heterocycles. The fourth-order valence-corrected chi connectivity index (χ4v) is 3.38. The molecule has 0 bridgehead atoms. The summed E-state index contributed by atoms with van der Waals surface area (Å²) in [5.41, 5.74) is 0.502. The Balaban J connectivity index is 1.93. The van der Waals surface area contributed by atoms with Crippen molar-refractivity contribution in [2.75, 3.05) is 19.6 Å². The van der Waals surface area contributed by atoms with Crippen molar-refractivity contribution < 1.29 is 9.18 Å². The van der Waals surface area contributed by atoms with Gasteiger partial charge in [-0.25, -0.2) is 9.18 Å². The second-order valence-electron chi connectivity index (χ2n) is 5.86. The van der Waals surface area contributed by atoms with Crippen molar-refractivity contribution in [2.45, 2.75) is 38.8 Å². The van der Waals surface area contributed by atoms with Gasteiger partial charge in [0.25, 0.3) is 0 Å². The van der Waals surface area contributed by atoms with Crippen LogP contribution in [0.5, 0.6) is 0 Å². The largest absolute Gasteiger partial charge is 0.334 e. The van der Waals surface area contributed by atoms with Crippen LogP contribution in [0.4, 0.5) is 9.18 Å². The number of nitrogens with zero attached hydrogens (tertiary/aromatic N) is 1. The van der Waals surface area contributed by atoms with Crippen molar-refractivity contribution in [3.63, 3.8) is 0 Å². The molecule has 0 radical (unpaired) electrons. The number of urea groups is 1. The van der Waals surface area contributed by atoms with Crippen molar-refractivity contribution in [3.8, 4) is 0 Å². The van der Waals surface area contributed by atoms with E-state index in [4.69, 9.17) is 23.2 Å². The molecule has 23 heavy (non-hydrogen) atoms. The zero-order valence-corrected chi connectivity index (χ0v) is 14.8. The molecule has 7 heteroatoms. The maximum absolute atomic E-state index is 13.6. The van der Waals surface area contributed by atoms with E-state index in [9.17, 15) is 9.18 Å². The third kappa shape index (κ3) is 4.96. The minimum atomic E-state index is -0.550. The topological polar surface area (TPSA) is 44.4 Å². The summed E-state index contributed by atoms with van der Waals surface area (Å²) in [7, 11) is 0. The summed E-state index contributed by atoms with van der Waals surface area (Å²) in [5.74, 6) is -0.550. The smallest absolute Gasteiger partial charge is 0.315 e. The Kier molecular flexibility index (Phi) is 6.50. The summed E-state index contributed by atoms with van der Waals surface area (Å²) in [4.78, 5) is 14.5. The first-order valence-corrected chi connectivity index (χ1v) is 8.60. The highest BCUT2D eigenvalue weighted by Gasteiger charge is 2.21. The Morgan fingerprint density at radius 3 is 2.87 bits per heavy atom. The number of likely N-dealkylation sites (tertiary alicyclic amines) is 1. The van der Waals surface area contributed by atoms with Gasteiger partial charge in [0.2, 0.25) is 0 Å². The van der Waals surface area contributed by atoms with E-state index in [0.717, 1.165) is 32.5 Å². The van der Waals surface area contributed by atoms with Crippen LogP contribution in [-0.2, 0) is 0 Å². The van der Waals surface area contributed by atoms with Crippen LogP contribution in [0.2, 0.25) is 10.0 Å². The monoisotopic (exact) mass is 361 g/mol. The van der Waals surface area contributed by atoms with Crippen molar-refractivity contribution >= 4 is 29.2 Å². The number of halogens is 3. The zero-order valence-electron chi connectivity index (χ0n) is 13.3. The minimum absolute atomic E-state index is 0.0303. The maximum atomic E-state index is 13.6. The van der Waals surface area contributed by atoms with Crippen LogP contribution < -0.4 is 10.6 Å². The van der Waals surface area contributed by atoms with Crippen LogP contribution in [0, 0.1) is 5.82 Å². The van der Waals surface area contributed by atoms with Gasteiger partial charge >= 0.3 is 6.03 Å². The molecule has 0 spiro atoms. The highest BCUT2D eigenvalue weighted by molar-refractivity contribution is 6.35. The standard InChI is InChI=1S/C16H22Cl2FN3O/c1-3-22-6-4-5-11(9-22)21-16(23)20-10(2)12-7-15(19)14(18)8-13(12)17/h7-8,10-11H,3-6,9H2,1-2H3,(H2,20,21,23). The molecule has 4 nitrogen and oxygen atoms in total. The Morgan fingerprint density at radius 2 is 2.17 bits per heavy atom. The molecular weight excluding hydrogens is 340 g/mol. The van der Waals surface area contributed by atoms with Crippen LogP contribution in [0.15, 0.2) is 12.1 Å². The molecule has 1 aliphatic heterocycles. The zero-order chi connectivity index (χ0) is 17.0. The molecule has 1 aromatic carbocycles. The fourth-order valence-electron chi connectivity index (χ4n) is 2.83. The van der Waals surface area contributed by atoms with Gasteiger partial charge in [-0.2, -0.15) is 0 Å². The predicted octanol–water partition coefficient (Wildman–Crippen LogP) is 3.98. The van der Waals surface area contributed by atoms with Gasteiger partial charge < -0.3 is 15.5 Å². The van der Waals surface area contributed by atoms with Gasteiger partial charge in [-0.1, -0.05) is 30.1 Å². The summed E-state index contributed by atoms with van der Waals surface area (Å²) in [6.45, 7) is 6.78. The van der Waals surface area contributed by atoms with Crippen LogP contribution in [-0.4, -0.2) is 36.6 Å². The summed E-state index contributed by atoms with van der Waals surface area (Å²) in [6.07, 6.45) is 2.04.